The average molecular weight is 315 g/mol. The molecule has 2 aromatic rings. The lowest BCUT2D eigenvalue weighted by atomic mass is 9.98. The molecule has 22 heavy (non-hydrogen) atoms. The first kappa shape index (κ1) is 14.8. The van der Waals surface area contributed by atoms with Crippen molar-refractivity contribution >= 4 is 23.2 Å². The van der Waals surface area contributed by atoms with Gasteiger partial charge in [0.05, 0.1) is 12.1 Å². The van der Waals surface area contributed by atoms with E-state index in [9.17, 15) is 9.59 Å². The van der Waals surface area contributed by atoms with E-state index in [0.29, 0.717) is 18.5 Å². The highest BCUT2D eigenvalue weighted by molar-refractivity contribution is 7.10. The van der Waals surface area contributed by atoms with Gasteiger partial charge in [-0.1, -0.05) is 18.2 Å². The summed E-state index contributed by atoms with van der Waals surface area (Å²) in [4.78, 5) is 27.3. The zero-order valence-corrected chi connectivity index (χ0v) is 13.4. The lowest BCUT2D eigenvalue weighted by Gasteiger charge is -2.27. The summed E-state index contributed by atoms with van der Waals surface area (Å²) in [6.45, 7) is 2.57. The third kappa shape index (κ3) is 2.76. The highest BCUT2D eigenvalue weighted by Gasteiger charge is 2.32. The summed E-state index contributed by atoms with van der Waals surface area (Å²) in [6.07, 6.45) is -0.290. The molecule has 0 fully saturated rings. The molecule has 0 saturated heterocycles. The van der Waals surface area contributed by atoms with E-state index in [0.717, 1.165) is 10.4 Å². The summed E-state index contributed by atoms with van der Waals surface area (Å²) in [5, 5.41) is 2.01. The van der Waals surface area contributed by atoms with Crippen LogP contribution in [-0.4, -0.2) is 29.9 Å². The number of benzene rings is 1. The Balaban J connectivity index is 1.73. The van der Waals surface area contributed by atoms with Crippen molar-refractivity contribution in [2.24, 2.45) is 0 Å². The lowest BCUT2D eigenvalue weighted by molar-refractivity contribution is -0.140. The molecule has 1 amide bonds. The van der Waals surface area contributed by atoms with Crippen LogP contribution in [0.5, 0.6) is 0 Å². The number of nitrogens with zero attached hydrogens (tertiary/aromatic N) is 1. The van der Waals surface area contributed by atoms with Crippen LogP contribution in [0.25, 0.3) is 0 Å². The molecule has 0 N–H and O–H groups in total. The molecule has 0 radical (unpaired) electrons. The largest absolute Gasteiger partial charge is 0.448 e. The number of carbonyl (C=O) groups excluding carboxylic acids is 2. The van der Waals surface area contributed by atoms with Gasteiger partial charge in [0.15, 0.2) is 6.10 Å². The molecule has 5 heteroatoms. The van der Waals surface area contributed by atoms with Gasteiger partial charge in [-0.05, 0) is 35.6 Å². The van der Waals surface area contributed by atoms with Crippen molar-refractivity contribution in [3.63, 3.8) is 0 Å². The number of fused-ring (bicyclic) bond motifs is 1. The Hall–Kier alpha value is -2.14. The monoisotopic (exact) mass is 315 g/mol. The maximum absolute atomic E-state index is 12.5. The van der Waals surface area contributed by atoms with E-state index >= 15 is 0 Å². The summed E-state index contributed by atoms with van der Waals surface area (Å²) in [5.74, 6) is -0.573. The van der Waals surface area contributed by atoms with Crippen molar-refractivity contribution in [2.45, 2.75) is 26.0 Å². The number of carbonyl (C=O) groups is 2. The van der Waals surface area contributed by atoms with Crippen molar-refractivity contribution in [1.29, 1.82) is 0 Å². The van der Waals surface area contributed by atoms with Gasteiger partial charge in [0.25, 0.3) is 5.91 Å². The molecule has 114 valence electrons. The second-order valence-electron chi connectivity index (χ2n) is 5.48. The Kier molecular flexibility index (Phi) is 3.98. The first-order valence-corrected chi connectivity index (χ1v) is 8.01. The number of aryl methyl sites for hydroxylation is 1. The van der Waals surface area contributed by atoms with Crippen LogP contribution in [0.3, 0.4) is 0 Å². The highest BCUT2D eigenvalue weighted by atomic mass is 32.1. The van der Waals surface area contributed by atoms with Crippen LogP contribution in [0.1, 0.15) is 26.4 Å². The summed E-state index contributed by atoms with van der Waals surface area (Å²) < 4.78 is 5.32. The number of amides is 1. The first-order valence-electron chi connectivity index (χ1n) is 7.13. The van der Waals surface area contributed by atoms with Gasteiger partial charge < -0.3 is 9.64 Å². The van der Waals surface area contributed by atoms with Crippen molar-refractivity contribution in [1.82, 2.24) is 4.90 Å². The fraction of sp³-hybridized carbons (Fsp3) is 0.294. The van der Waals surface area contributed by atoms with Crippen LogP contribution in [0, 0.1) is 6.92 Å². The molecule has 1 unspecified atom stereocenters. The van der Waals surface area contributed by atoms with Gasteiger partial charge in [0, 0.05) is 18.3 Å². The molecule has 2 heterocycles. The van der Waals surface area contributed by atoms with Crippen molar-refractivity contribution in [2.75, 3.05) is 7.05 Å². The minimum absolute atomic E-state index is 0.157. The second-order valence-corrected chi connectivity index (χ2v) is 6.48. The Labute approximate surface area is 133 Å². The van der Waals surface area contributed by atoms with Gasteiger partial charge in [-0.15, -0.1) is 11.3 Å². The molecule has 0 bridgehead atoms. The van der Waals surface area contributed by atoms with Crippen LogP contribution in [0.2, 0.25) is 0 Å². The number of rotatable bonds is 3. The Morgan fingerprint density at radius 2 is 2.14 bits per heavy atom. The highest BCUT2D eigenvalue weighted by Crippen LogP contribution is 2.23. The molecular formula is C17H17NO3S. The van der Waals surface area contributed by atoms with Crippen molar-refractivity contribution in [3.8, 4) is 0 Å². The predicted molar refractivity (Wildman–Crippen MR) is 84.9 cm³/mol. The summed E-state index contributed by atoms with van der Waals surface area (Å²) in [5.41, 5.74) is 2.61. The molecule has 4 nitrogen and oxygen atoms in total. The SMILES string of the molecule is Cc1ccsc1CN(C)C(=O)C1Cc2ccccc2C(=O)O1. The maximum Gasteiger partial charge on any atom is 0.339 e. The van der Waals surface area contributed by atoms with Crippen molar-refractivity contribution < 1.29 is 14.3 Å². The molecule has 1 aliphatic rings. The third-order valence-electron chi connectivity index (χ3n) is 3.89. The van der Waals surface area contributed by atoms with E-state index in [2.05, 4.69) is 0 Å². The molecule has 0 spiro atoms. The number of hydrogen-bond acceptors (Lipinski definition) is 4. The van der Waals surface area contributed by atoms with Gasteiger partial charge in [0.2, 0.25) is 0 Å². The first-order chi connectivity index (χ1) is 10.6. The Morgan fingerprint density at radius 1 is 1.36 bits per heavy atom. The number of likely N-dealkylation sites (N-methyl/N-ethyl adjacent to an activating group) is 1. The van der Waals surface area contributed by atoms with E-state index in [-0.39, 0.29) is 5.91 Å². The average Bonchev–Trinajstić information content (AvgIpc) is 2.91. The topological polar surface area (TPSA) is 46.6 Å². The molecule has 1 atom stereocenters. The molecule has 0 saturated carbocycles. The van der Waals surface area contributed by atoms with E-state index in [1.54, 1.807) is 35.4 Å². The molecule has 1 aliphatic heterocycles. The van der Waals surface area contributed by atoms with Crippen LogP contribution < -0.4 is 0 Å². The second kappa shape index (κ2) is 5.93. The number of cyclic esters (lactones) is 1. The fourth-order valence-electron chi connectivity index (χ4n) is 2.57. The standard InChI is InChI=1S/C17H17NO3S/c1-11-7-8-22-15(11)10-18(2)16(19)14-9-12-5-3-4-6-13(12)17(20)21-14/h3-8,14H,9-10H2,1-2H3. The van der Waals surface area contributed by atoms with Gasteiger partial charge in [-0.25, -0.2) is 4.79 Å². The number of esters is 1. The predicted octanol–water partition coefficient (Wildman–Crippen LogP) is 2.80. The summed E-state index contributed by atoms with van der Waals surface area (Å²) in [7, 11) is 1.75. The number of thiophene rings is 1. The molecule has 1 aromatic heterocycles. The van der Waals surface area contributed by atoms with Crippen LogP contribution in [-0.2, 0) is 22.5 Å². The van der Waals surface area contributed by atoms with Crippen LogP contribution in [0.4, 0.5) is 0 Å². The van der Waals surface area contributed by atoms with E-state index in [4.69, 9.17) is 4.74 Å². The normalized spacial score (nSPS) is 16.8. The Morgan fingerprint density at radius 3 is 2.86 bits per heavy atom. The van der Waals surface area contributed by atoms with Gasteiger partial charge in [-0.2, -0.15) is 0 Å². The minimum atomic E-state index is -0.729. The maximum atomic E-state index is 12.5. The summed E-state index contributed by atoms with van der Waals surface area (Å²) >= 11 is 1.63. The Bertz CT molecular complexity index is 722. The number of ether oxygens (including phenoxy) is 1. The van der Waals surface area contributed by atoms with E-state index < -0.39 is 12.1 Å². The van der Waals surface area contributed by atoms with E-state index in [1.807, 2.05) is 30.5 Å². The van der Waals surface area contributed by atoms with Gasteiger partial charge in [0.1, 0.15) is 0 Å². The molecular weight excluding hydrogens is 298 g/mol. The quantitative estimate of drug-likeness (QED) is 0.818. The van der Waals surface area contributed by atoms with Crippen molar-refractivity contribution in [3.05, 3.63) is 57.3 Å². The van der Waals surface area contributed by atoms with Crippen LogP contribution >= 0.6 is 11.3 Å². The number of hydrogen-bond donors (Lipinski definition) is 0. The van der Waals surface area contributed by atoms with E-state index in [1.165, 1.54) is 5.56 Å². The summed E-state index contributed by atoms with van der Waals surface area (Å²) in [6, 6.07) is 9.32. The van der Waals surface area contributed by atoms with Crippen LogP contribution in [0.15, 0.2) is 35.7 Å². The third-order valence-corrected chi connectivity index (χ3v) is 4.90. The molecule has 0 aliphatic carbocycles. The zero-order chi connectivity index (χ0) is 15.7. The zero-order valence-electron chi connectivity index (χ0n) is 12.5. The molecule has 3 rings (SSSR count). The van der Waals surface area contributed by atoms with Gasteiger partial charge >= 0.3 is 5.97 Å². The minimum Gasteiger partial charge on any atom is -0.448 e. The smallest absolute Gasteiger partial charge is 0.339 e. The fourth-order valence-corrected chi connectivity index (χ4v) is 3.53. The van der Waals surface area contributed by atoms with Gasteiger partial charge in [-0.3, -0.25) is 4.79 Å². The molecule has 1 aromatic carbocycles. The lowest BCUT2D eigenvalue weighted by Crippen LogP contribution is -2.42.